The smallest absolute Gasteiger partial charge is 0.471 e. The van der Waals surface area contributed by atoms with Gasteiger partial charge in [0.05, 0.1) is 0 Å². The van der Waals surface area contributed by atoms with Gasteiger partial charge in [-0.3, -0.25) is 4.79 Å². The van der Waals surface area contributed by atoms with Crippen LogP contribution in [0.4, 0.5) is 18.0 Å². The Balaban J connectivity index is 4.10. The molecule has 0 fully saturated rings. The van der Waals surface area contributed by atoms with Crippen molar-refractivity contribution >= 4 is 18.0 Å². The Hall–Kier alpha value is -2.00. The van der Waals surface area contributed by atoms with Crippen molar-refractivity contribution in [3.05, 3.63) is 0 Å². The minimum absolute atomic E-state index is 0.175. The number of halogens is 3. The number of nitrogens with one attached hydrogen (secondary N) is 2. The molecule has 0 bridgehead atoms. The number of amides is 2. The van der Waals surface area contributed by atoms with Crippen LogP contribution in [-0.4, -0.2) is 47.4 Å². The Morgan fingerprint density at radius 1 is 1.13 bits per heavy atom. The summed E-state index contributed by atoms with van der Waals surface area (Å²) in [5.74, 6) is -3.85. The Kier molecular flexibility index (Phi) is 7.84. The van der Waals surface area contributed by atoms with Crippen LogP contribution in [0.5, 0.6) is 0 Å². The summed E-state index contributed by atoms with van der Waals surface area (Å²) in [4.78, 5) is 32.8. The summed E-state index contributed by atoms with van der Waals surface area (Å²) >= 11 is 0. The van der Waals surface area contributed by atoms with Gasteiger partial charge in [-0.1, -0.05) is 0 Å². The summed E-state index contributed by atoms with van der Waals surface area (Å²) in [6.45, 7) is 5.24. The van der Waals surface area contributed by atoms with Crippen molar-refractivity contribution < 1.29 is 37.4 Å². The van der Waals surface area contributed by atoms with Crippen molar-refractivity contribution in [3.8, 4) is 0 Å². The molecule has 0 aliphatic heterocycles. The van der Waals surface area contributed by atoms with E-state index in [-0.39, 0.29) is 19.4 Å². The fraction of sp³-hybridized carbons (Fsp3) is 0.769. The monoisotopic (exact) mass is 342 g/mol. The standard InChI is InChI=1S/C13H21F3N2O5/c1-12(2,3)23-11(22)17-7-5-4-6-8(9(19)20)18-10(21)13(14,15)16/h8H,4-7H2,1-3H3,(H,17,22)(H,18,21)(H,19,20)/t8-/m0/s1. The third-order valence-corrected chi connectivity index (χ3v) is 2.45. The zero-order valence-electron chi connectivity index (χ0n) is 13.1. The van der Waals surface area contributed by atoms with Crippen LogP contribution in [-0.2, 0) is 14.3 Å². The molecule has 0 aromatic carbocycles. The predicted octanol–water partition coefficient (Wildman–Crippen LogP) is 1.81. The Morgan fingerprint density at radius 3 is 2.13 bits per heavy atom. The van der Waals surface area contributed by atoms with Crippen LogP contribution >= 0.6 is 0 Å². The van der Waals surface area contributed by atoms with Crippen molar-refractivity contribution in [2.24, 2.45) is 0 Å². The lowest BCUT2D eigenvalue weighted by Crippen LogP contribution is -2.46. The van der Waals surface area contributed by atoms with Gasteiger partial charge in [0.1, 0.15) is 11.6 Å². The van der Waals surface area contributed by atoms with Crippen LogP contribution in [0, 0.1) is 0 Å². The van der Waals surface area contributed by atoms with Crippen LogP contribution in [0.15, 0.2) is 0 Å². The fourth-order valence-electron chi connectivity index (χ4n) is 1.48. The van der Waals surface area contributed by atoms with E-state index in [0.717, 1.165) is 0 Å². The van der Waals surface area contributed by atoms with Crippen LogP contribution in [0.3, 0.4) is 0 Å². The molecule has 0 saturated carbocycles. The lowest BCUT2D eigenvalue weighted by molar-refractivity contribution is -0.175. The number of unbranched alkanes of at least 4 members (excludes halogenated alkanes) is 1. The maximum Gasteiger partial charge on any atom is 0.471 e. The number of carbonyl (C=O) groups is 3. The number of carbonyl (C=O) groups excluding carboxylic acids is 2. The molecule has 1 atom stereocenters. The molecule has 2 amide bonds. The number of rotatable bonds is 7. The first kappa shape index (κ1) is 21.0. The first-order valence-electron chi connectivity index (χ1n) is 6.90. The van der Waals surface area contributed by atoms with E-state index in [1.807, 2.05) is 0 Å². The zero-order valence-corrected chi connectivity index (χ0v) is 13.1. The van der Waals surface area contributed by atoms with E-state index < -0.39 is 35.8 Å². The molecule has 10 heteroatoms. The molecule has 0 spiro atoms. The second kappa shape index (κ2) is 8.59. The number of carboxylic acid groups (broad SMARTS) is 1. The van der Waals surface area contributed by atoms with Gasteiger partial charge >= 0.3 is 24.1 Å². The minimum Gasteiger partial charge on any atom is -0.480 e. The Labute approximate surface area is 131 Å². The summed E-state index contributed by atoms with van der Waals surface area (Å²) in [6, 6.07) is -1.63. The summed E-state index contributed by atoms with van der Waals surface area (Å²) in [5, 5.41) is 12.6. The average Bonchev–Trinajstić information content (AvgIpc) is 2.32. The Bertz CT molecular complexity index is 432. The number of alkyl carbamates (subject to hydrolysis) is 1. The van der Waals surface area contributed by atoms with Crippen molar-refractivity contribution in [2.45, 2.75) is 57.9 Å². The molecule has 134 valence electrons. The molecule has 23 heavy (non-hydrogen) atoms. The van der Waals surface area contributed by atoms with Gasteiger partial charge in [0.2, 0.25) is 0 Å². The van der Waals surface area contributed by atoms with Crippen LogP contribution < -0.4 is 10.6 Å². The molecule has 7 nitrogen and oxygen atoms in total. The molecular weight excluding hydrogens is 321 g/mol. The SMILES string of the molecule is CC(C)(C)OC(=O)NCCCC[C@H](NC(=O)C(F)(F)F)C(=O)O. The number of carboxylic acids is 1. The van der Waals surface area contributed by atoms with E-state index in [1.54, 1.807) is 20.8 Å². The maximum absolute atomic E-state index is 12.1. The largest absolute Gasteiger partial charge is 0.480 e. The van der Waals surface area contributed by atoms with E-state index in [0.29, 0.717) is 6.42 Å². The van der Waals surface area contributed by atoms with Crippen LogP contribution in [0.25, 0.3) is 0 Å². The van der Waals surface area contributed by atoms with Gasteiger partial charge in [-0.05, 0) is 40.0 Å². The zero-order chi connectivity index (χ0) is 18.3. The van der Waals surface area contributed by atoms with Gasteiger partial charge in [-0.15, -0.1) is 0 Å². The maximum atomic E-state index is 12.1. The number of ether oxygens (including phenoxy) is 1. The predicted molar refractivity (Wildman–Crippen MR) is 73.7 cm³/mol. The molecule has 0 aromatic heterocycles. The molecule has 0 unspecified atom stereocenters. The summed E-state index contributed by atoms with van der Waals surface area (Å²) < 4.78 is 41.2. The normalized spacial score (nSPS) is 13.1. The highest BCUT2D eigenvalue weighted by Gasteiger charge is 2.40. The number of hydrogen-bond acceptors (Lipinski definition) is 4. The molecular formula is C13H21F3N2O5. The van der Waals surface area contributed by atoms with E-state index in [2.05, 4.69) is 5.32 Å². The summed E-state index contributed by atoms with van der Waals surface area (Å²) in [6.07, 6.45) is -5.44. The lowest BCUT2D eigenvalue weighted by Gasteiger charge is -2.19. The minimum atomic E-state index is -5.13. The van der Waals surface area contributed by atoms with Crippen LogP contribution in [0.1, 0.15) is 40.0 Å². The van der Waals surface area contributed by atoms with E-state index in [4.69, 9.17) is 9.84 Å². The highest BCUT2D eigenvalue weighted by Crippen LogP contribution is 2.15. The molecule has 0 aliphatic carbocycles. The second-order valence-electron chi connectivity index (χ2n) is 5.79. The van der Waals surface area contributed by atoms with Crippen molar-refractivity contribution in [2.75, 3.05) is 6.54 Å². The average molecular weight is 342 g/mol. The topological polar surface area (TPSA) is 105 Å². The van der Waals surface area contributed by atoms with Crippen LogP contribution in [0.2, 0.25) is 0 Å². The van der Waals surface area contributed by atoms with E-state index in [9.17, 15) is 27.6 Å². The van der Waals surface area contributed by atoms with Gasteiger partial charge in [0.25, 0.3) is 0 Å². The summed E-state index contributed by atoms with van der Waals surface area (Å²) in [7, 11) is 0. The molecule has 0 aromatic rings. The van der Waals surface area contributed by atoms with Gasteiger partial charge in [-0.2, -0.15) is 13.2 Å². The van der Waals surface area contributed by atoms with Gasteiger partial charge in [0, 0.05) is 6.54 Å². The van der Waals surface area contributed by atoms with Gasteiger partial charge < -0.3 is 20.5 Å². The highest BCUT2D eigenvalue weighted by molar-refractivity contribution is 5.86. The quantitative estimate of drug-likeness (QED) is 0.612. The number of alkyl halides is 3. The van der Waals surface area contributed by atoms with E-state index >= 15 is 0 Å². The first-order valence-corrected chi connectivity index (χ1v) is 6.90. The second-order valence-corrected chi connectivity index (χ2v) is 5.79. The fourth-order valence-corrected chi connectivity index (χ4v) is 1.48. The third kappa shape index (κ3) is 10.4. The number of aliphatic carboxylic acids is 1. The van der Waals surface area contributed by atoms with Crippen molar-refractivity contribution in [1.29, 1.82) is 0 Å². The summed E-state index contributed by atoms with van der Waals surface area (Å²) in [5.41, 5.74) is -0.652. The molecule has 0 saturated heterocycles. The highest BCUT2D eigenvalue weighted by atomic mass is 19.4. The molecule has 0 heterocycles. The molecule has 0 radical (unpaired) electrons. The van der Waals surface area contributed by atoms with Gasteiger partial charge in [-0.25, -0.2) is 9.59 Å². The lowest BCUT2D eigenvalue weighted by atomic mass is 10.1. The van der Waals surface area contributed by atoms with Crippen molar-refractivity contribution in [1.82, 2.24) is 10.6 Å². The first-order chi connectivity index (χ1) is 10.3. The van der Waals surface area contributed by atoms with Gasteiger partial charge in [0.15, 0.2) is 0 Å². The van der Waals surface area contributed by atoms with Crippen molar-refractivity contribution in [3.63, 3.8) is 0 Å². The number of hydrogen-bond donors (Lipinski definition) is 3. The molecule has 0 rings (SSSR count). The van der Waals surface area contributed by atoms with E-state index in [1.165, 1.54) is 5.32 Å². The third-order valence-electron chi connectivity index (χ3n) is 2.45. The Morgan fingerprint density at radius 2 is 1.70 bits per heavy atom. The molecule has 0 aliphatic rings. The molecule has 3 N–H and O–H groups in total.